The molecule has 21 heavy (non-hydrogen) atoms. The predicted octanol–water partition coefficient (Wildman–Crippen LogP) is 1.26. The Morgan fingerprint density at radius 1 is 1.10 bits per heavy atom. The second-order valence-electron chi connectivity index (χ2n) is 6.63. The van der Waals surface area contributed by atoms with Crippen molar-refractivity contribution in [1.82, 2.24) is 15.1 Å². The van der Waals surface area contributed by atoms with Gasteiger partial charge < -0.3 is 15.3 Å². The van der Waals surface area contributed by atoms with Crippen LogP contribution < -0.4 is 5.32 Å². The summed E-state index contributed by atoms with van der Waals surface area (Å²) in [6.45, 7) is 2.14. The van der Waals surface area contributed by atoms with Gasteiger partial charge in [0.15, 0.2) is 0 Å². The van der Waals surface area contributed by atoms with E-state index in [-0.39, 0.29) is 11.9 Å². The average molecular weight is 295 g/mol. The average Bonchev–Trinajstić information content (AvgIpc) is 3.06. The number of nitrogens with zero attached hydrogens (tertiary/aromatic N) is 2. The molecular formula is C15H25N3O3. The van der Waals surface area contributed by atoms with Crippen LogP contribution in [0.2, 0.25) is 0 Å². The minimum absolute atomic E-state index is 0.133. The standard InChI is InChI=1S/C15H25N3O3/c19-14(16-11-4-2-1-3-5-11)6-7-17-9-13-8-12(17)10-18(13)15(20)21/h11-13H,1-10H2,(H,16,19)(H,20,21). The van der Waals surface area contributed by atoms with E-state index in [9.17, 15) is 9.59 Å². The molecule has 2 N–H and O–H groups in total. The molecule has 0 aromatic carbocycles. The molecule has 1 aliphatic carbocycles. The van der Waals surface area contributed by atoms with Gasteiger partial charge in [-0.25, -0.2) is 4.79 Å². The Hall–Kier alpha value is -1.30. The molecule has 0 aromatic heterocycles. The molecule has 0 radical (unpaired) electrons. The number of fused-ring (bicyclic) bond motifs is 2. The van der Waals surface area contributed by atoms with Crippen LogP contribution in [0.25, 0.3) is 0 Å². The van der Waals surface area contributed by atoms with Gasteiger partial charge in [-0.15, -0.1) is 0 Å². The molecule has 3 rings (SSSR count). The van der Waals surface area contributed by atoms with Gasteiger partial charge in [-0.1, -0.05) is 19.3 Å². The smallest absolute Gasteiger partial charge is 0.407 e. The zero-order valence-electron chi connectivity index (χ0n) is 12.5. The molecule has 118 valence electrons. The number of hydrogen-bond acceptors (Lipinski definition) is 3. The summed E-state index contributed by atoms with van der Waals surface area (Å²) in [5.41, 5.74) is 0. The first kappa shape index (κ1) is 14.6. The van der Waals surface area contributed by atoms with Crippen LogP contribution in [0.1, 0.15) is 44.9 Å². The molecule has 2 aliphatic heterocycles. The predicted molar refractivity (Wildman–Crippen MR) is 78.1 cm³/mol. The number of nitrogens with one attached hydrogen (secondary N) is 1. The summed E-state index contributed by atoms with van der Waals surface area (Å²) in [4.78, 5) is 26.9. The lowest BCUT2D eigenvalue weighted by molar-refractivity contribution is -0.122. The third kappa shape index (κ3) is 3.31. The van der Waals surface area contributed by atoms with Gasteiger partial charge in [0.25, 0.3) is 0 Å². The molecule has 0 spiro atoms. The fourth-order valence-corrected chi connectivity index (χ4v) is 4.05. The van der Waals surface area contributed by atoms with E-state index < -0.39 is 6.09 Å². The number of amides is 2. The number of carbonyl (C=O) groups is 2. The molecule has 3 aliphatic rings. The Labute approximate surface area is 125 Å². The van der Waals surface area contributed by atoms with Crippen LogP contribution in [0, 0.1) is 0 Å². The first-order chi connectivity index (χ1) is 10.1. The summed E-state index contributed by atoms with van der Waals surface area (Å²) in [5.74, 6) is 0.153. The Balaban J connectivity index is 1.38. The summed E-state index contributed by atoms with van der Waals surface area (Å²) < 4.78 is 0. The highest BCUT2D eigenvalue weighted by molar-refractivity contribution is 5.76. The molecular weight excluding hydrogens is 270 g/mol. The minimum atomic E-state index is -0.808. The Morgan fingerprint density at radius 3 is 2.48 bits per heavy atom. The first-order valence-electron chi connectivity index (χ1n) is 8.16. The Bertz CT molecular complexity index is 409. The van der Waals surface area contributed by atoms with Crippen LogP contribution in [0.3, 0.4) is 0 Å². The molecule has 6 heteroatoms. The maximum absolute atomic E-state index is 12.0. The van der Waals surface area contributed by atoms with Crippen molar-refractivity contribution in [3.63, 3.8) is 0 Å². The molecule has 2 saturated heterocycles. The van der Waals surface area contributed by atoms with Crippen LogP contribution in [-0.4, -0.2) is 64.7 Å². The van der Waals surface area contributed by atoms with Crippen LogP contribution >= 0.6 is 0 Å². The number of hydrogen-bond donors (Lipinski definition) is 2. The van der Waals surface area contributed by atoms with Crippen molar-refractivity contribution in [2.45, 2.75) is 63.1 Å². The van der Waals surface area contributed by atoms with E-state index in [1.165, 1.54) is 19.3 Å². The van der Waals surface area contributed by atoms with Gasteiger partial charge in [-0.2, -0.15) is 0 Å². The number of carboxylic acid groups (broad SMARTS) is 1. The monoisotopic (exact) mass is 295 g/mol. The normalized spacial score (nSPS) is 29.8. The van der Waals surface area contributed by atoms with E-state index in [1.54, 1.807) is 4.90 Å². The summed E-state index contributed by atoms with van der Waals surface area (Å²) in [5, 5.41) is 12.2. The number of carbonyl (C=O) groups excluding carboxylic acids is 1. The topological polar surface area (TPSA) is 72.9 Å². The molecule has 2 unspecified atom stereocenters. The largest absolute Gasteiger partial charge is 0.465 e. The van der Waals surface area contributed by atoms with E-state index in [2.05, 4.69) is 10.2 Å². The third-order valence-electron chi connectivity index (χ3n) is 5.20. The van der Waals surface area contributed by atoms with Gasteiger partial charge in [-0.3, -0.25) is 9.69 Å². The fourth-order valence-electron chi connectivity index (χ4n) is 4.05. The summed E-state index contributed by atoms with van der Waals surface area (Å²) in [6, 6.07) is 0.825. The van der Waals surface area contributed by atoms with Crippen molar-refractivity contribution in [3.8, 4) is 0 Å². The SMILES string of the molecule is O=C(CCN1CC2CC1CN2C(=O)O)NC1CCCCC1. The maximum Gasteiger partial charge on any atom is 0.407 e. The lowest BCUT2D eigenvalue weighted by Gasteiger charge is -2.32. The second kappa shape index (κ2) is 6.22. The summed E-state index contributed by atoms with van der Waals surface area (Å²) in [7, 11) is 0. The van der Waals surface area contributed by atoms with Gasteiger partial charge in [0.05, 0.1) is 0 Å². The first-order valence-corrected chi connectivity index (χ1v) is 8.16. The van der Waals surface area contributed by atoms with Crippen molar-refractivity contribution in [1.29, 1.82) is 0 Å². The summed E-state index contributed by atoms with van der Waals surface area (Å²) >= 11 is 0. The van der Waals surface area contributed by atoms with E-state index in [1.807, 2.05) is 0 Å². The quantitative estimate of drug-likeness (QED) is 0.819. The van der Waals surface area contributed by atoms with E-state index in [4.69, 9.17) is 5.11 Å². The molecule has 0 aromatic rings. The van der Waals surface area contributed by atoms with Crippen molar-refractivity contribution in [2.75, 3.05) is 19.6 Å². The van der Waals surface area contributed by atoms with Crippen LogP contribution in [0.5, 0.6) is 0 Å². The van der Waals surface area contributed by atoms with Crippen molar-refractivity contribution in [2.24, 2.45) is 0 Å². The van der Waals surface area contributed by atoms with Crippen LogP contribution in [-0.2, 0) is 4.79 Å². The van der Waals surface area contributed by atoms with E-state index in [0.717, 1.165) is 32.4 Å². The van der Waals surface area contributed by atoms with Crippen LogP contribution in [0.4, 0.5) is 4.79 Å². The van der Waals surface area contributed by atoms with Crippen LogP contribution in [0.15, 0.2) is 0 Å². The molecule has 2 bridgehead atoms. The van der Waals surface area contributed by atoms with E-state index >= 15 is 0 Å². The second-order valence-corrected chi connectivity index (χ2v) is 6.63. The number of piperazine rings is 1. The van der Waals surface area contributed by atoms with Crippen molar-refractivity contribution < 1.29 is 14.7 Å². The van der Waals surface area contributed by atoms with Gasteiger partial charge in [0.2, 0.25) is 5.91 Å². The number of likely N-dealkylation sites (tertiary alicyclic amines) is 2. The minimum Gasteiger partial charge on any atom is -0.465 e. The summed E-state index contributed by atoms with van der Waals surface area (Å²) in [6.07, 6.45) is 6.64. The maximum atomic E-state index is 12.0. The molecule has 2 amide bonds. The van der Waals surface area contributed by atoms with Gasteiger partial charge in [0.1, 0.15) is 0 Å². The molecule has 6 nitrogen and oxygen atoms in total. The van der Waals surface area contributed by atoms with Gasteiger partial charge in [0, 0.05) is 44.2 Å². The highest BCUT2D eigenvalue weighted by Crippen LogP contribution is 2.30. The lowest BCUT2D eigenvalue weighted by atomic mass is 9.95. The van der Waals surface area contributed by atoms with Gasteiger partial charge in [-0.05, 0) is 19.3 Å². The molecule has 2 atom stereocenters. The highest BCUT2D eigenvalue weighted by atomic mass is 16.4. The van der Waals surface area contributed by atoms with Crippen molar-refractivity contribution >= 4 is 12.0 Å². The Kier molecular flexibility index (Phi) is 4.33. The van der Waals surface area contributed by atoms with E-state index in [0.29, 0.717) is 25.0 Å². The number of rotatable bonds is 4. The molecule has 3 fully saturated rings. The third-order valence-corrected chi connectivity index (χ3v) is 5.20. The zero-order chi connectivity index (χ0) is 14.8. The van der Waals surface area contributed by atoms with Gasteiger partial charge >= 0.3 is 6.09 Å². The highest BCUT2D eigenvalue weighted by Gasteiger charge is 2.45. The lowest BCUT2D eigenvalue weighted by Crippen LogP contribution is -2.49. The fraction of sp³-hybridized carbons (Fsp3) is 0.867. The zero-order valence-corrected chi connectivity index (χ0v) is 12.5. The Morgan fingerprint density at radius 2 is 1.86 bits per heavy atom. The van der Waals surface area contributed by atoms with Crippen molar-refractivity contribution in [3.05, 3.63) is 0 Å². The molecule has 1 saturated carbocycles. The molecule has 2 heterocycles.